The van der Waals surface area contributed by atoms with E-state index in [1.54, 1.807) is 55.5 Å². The molecule has 0 radical (unpaired) electrons. The lowest BCUT2D eigenvalue weighted by atomic mass is 9.72. The predicted octanol–water partition coefficient (Wildman–Crippen LogP) is 6.40. The van der Waals surface area contributed by atoms with Crippen LogP contribution in [0.1, 0.15) is 36.8 Å². The Bertz CT molecular complexity index is 1370. The molecule has 0 spiro atoms. The molecule has 2 aromatic rings. The predicted molar refractivity (Wildman–Crippen MR) is 154 cm³/mol. The topological polar surface area (TPSA) is 94.1 Å². The number of aryl methyl sites for hydroxylation is 1. The van der Waals surface area contributed by atoms with Crippen LogP contribution in [0.15, 0.2) is 93.6 Å². The minimum absolute atomic E-state index is 0.00845. The number of benzene rings is 2. The summed E-state index contributed by atoms with van der Waals surface area (Å²) in [4.78, 5) is 13.5. The highest BCUT2D eigenvalue weighted by molar-refractivity contribution is 9.11. The van der Waals surface area contributed by atoms with Crippen molar-refractivity contribution in [2.75, 3.05) is 7.11 Å². The fraction of sp³-hybridized carbons (Fsp3) is 0.286. The van der Waals surface area contributed by atoms with Crippen LogP contribution in [-0.2, 0) is 23.9 Å². The summed E-state index contributed by atoms with van der Waals surface area (Å²) in [6.45, 7) is 7.31. The van der Waals surface area contributed by atoms with E-state index in [0.29, 0.717) is 16.4 Å². The number of halogens is 2. The number of hydrogen-bond acceptors (Lipinski definition) is 6. The number of carbonyl (C=O) groups is 1. The van der Waals surface area contributed by atoms with Crippen molar-refractivity contribution in [3.05, 3.63) is 99.7 Å². The SMILES string of the molecule is C=C/C=C(Br)\C=C(/C)NC(=O)C1[C@@H](OC)C/C(=N\OS(=O)(=O)c2ccc(C)cc2)C[C@H]1c1cccc(Cl)c1. The van der Waals surface area contributed by atoms with E-state index in [1.165, 1.54) is 19.2 Å². The van der Waals surface area contributed by atoms with Gasteiger partial charge in [0.05, 0.1) is 17.7 Å². The zero-order valence-electron chi connectivity index (χ0n) is 21.4. The number of nitrogens with zero attached hydrogens (tertiary/aromatic N) is 1. The van der Waals surface area contributed by atoms with Crippen molar-refractivity contribution in [2.24, 2.45) is 11.1 Å². The van der Waals surface area contributed by atoms with E-state index >= 15 is 0 Å². The Labute approximate surface area is 237 Å². The molecule has 1 N–H and O–H groups in total. The fourth-order valence-corrected chi connectivity index (χ4v) is 5.82. The number of oxime groups is 1. The molecule has 2 aromatic carbocycles. The van der Waals surface area contributed by atoms with Crippen molar-refractivity contribution < 1.29 is 22.2 Å². The molecule has 10 heteroatoms. The number of amides is 1. The fourth-order valence-electron chi connectivity index (χ4n) is 4.33. The number of methoxy groups -OCH3 is 1. The summed E-state index contributed by atoms with van der Waals surface area (Å²) < 4.78 is 37.0. The molecule has 3 atom stereocenters. The molecule has 1 amide bonds. The monoisotopic (exact) mass is 620 g/mol. The van der Waals surface area contributed by atoms with Crippen LogP contribution in [-0.4, -0.2) is 33.3 Å². The maximum atomic E-state index is 13.5. The number of rotatable bonds is 9. The molecular weight excluding hydrogens is 592 g/mol. The summed E-state index contributed by atoms with van der Waals surface area (Å²) >= 11 is 9.69. The second kappa shape index (κ2) is 13.4. The lowest BCUT2D eigenvalue weighted by molar-refractivity contribution is -0.130. The Morgan fingerprint density at radius 1 is 1.21 bits per heavy atom. The Morgan fingerprint density at radius 3 is 2.55 bits per heavy atom. The van der Waals surface area contributed by atoms with Gasteiger partial charge < -0.3 is 10.1 Å². The lowest BCUT2D eigenvalue weighted by Crippen LogP contribution is -2.46. The van der Waals surface area contributed by atoms with Crippen molar-refractivity contribution in [3.8, 4) is 0 Å². The number of ether oxygens (including phenoxy) is 1. The normalized spacial score (nSPS) is 21.7. The van der Waals surface area contributed by atoms with Crippen molar-refractivity contribution in [1.82, 2.24) is 5.32 Å². The summed E-state index contributed by atoms with van der Waals surface area (Å²) in [5.41, 5.74) is 2.83. The molecule has 38 heavy (non-hydrogen) atoms. The molecule has 1 unspecified atom stereocenters. The molecule has 0 aliphatic heterocycles. The van der Waals surface area contributed by atoms with Crippen molar-refractivity contribution in [3.63, 3.8) is 0 Å². The van der Waals surface area contributed by atoms with E-state index in [2.05, 4.69) is 33.0 Å². The van der Waals surface area contributed by atoms with Gasteiger partial charge in [0, 0.05) is 34.7 Å². The van der Waals surface area contributed by atoms with Gasteiger partial charge in [-0.25, -0.2) is 0 Å². The highest BCUT2D eigenvalue weighted by Crippen LogP contribution is 2.39. The number of hydrogen-bond donors (Lipinski definition) is 1. The molecule has 1 aliphatic rings. The minimum Gasteiger partial charge on any atom is -0.380 e. The van der Waals surface area contributed by atoms with Crippen LogP contribution in [0.2, 0.25) is 5.02 Å². The van der Waals surface area contributed by atoms with Gasteiger partial charge in [-0.2, -0.15) is 8.42 Å². The Balaban J connectivity index is 1.92. The van der Waals surface area contributed by atoms with E-state index in [1.807, 2.05) is 13.0 Å². The van der Waals surface area contributed by atoms with Gasteiger partial charge in [-0.05, 0) is 62.2 Å². The smallest absolute Gasteiger partial charge is 0.358 e. The van der Waals surface area contributed by atoms with Crippen LogP contribution in [0.4, 0.5) is 0 Å². The quantitative estimate of drug-likeness (QED) is 0.258. The summed E-state index contributed by atoms with van der Waals surface area (Å²) in [5.74, 6) is -1.23. The van der Waals surface area contributed by atoms with Gasteiger partial charge in [0.15, 0.2) is 0 Å². The Kier molecular flexibility index (Phi) is 10.5. The molecular formula is C28H30BrClN2O5S. The van der Waals surface area contributed by atoms with Crippen LogP contribution in [0.3, 0.4) is 0 Å². The molecule has 202 valence electrons. The second-order valence-electron chi connectivity index (χ2n) is 8.97. The van der Waals surface area contributed by atoms with E-state index in [-0.39, 0.29) is 23.6 Å². The van der Waals surface area contributed by atoms with Crippen LogP contribution < -0.4 is 5.32 Å². The third-order valence-corrected chi connectivity index (χ3v) is 7.98. The van der Waals surface area contributed by atoms with Gasteiger partial charge in [-0.1, -0.05) is 75.2 Å². The molecule has 3 rings (SSSR count). The van der Waals surface area contributed by atoms with Crippen molar-refractivity contribution in [1.29, 1.82) is 0 Å². The Morgan fingerprint density at radius 2 is 1.92 bits per heavy atom. The van der Waals surface area contributed by atoms with E-state index < -0.39 is 28.1 Å². The largest absolute Gasteiger partial charge is 0.380 e. The zero-order valence-corrected chi connectivity index (χ0v) is 24.5. The minimum atomic E-state index is -4.10. The third-order valence-electron chi connectivity index (χ3n) is 6.13. The molecule has 0 heterocycles. The second-order valence-corrected chi connectivity index (χ2v) is 11.9. The first-order valence-electron chi connectivity index (χ1n) is 11.9. The van der Waals surface area contributed by atoms with Gasteiger partial charge >= 0.3 is 10.1 Å². The lowest BCUT2D eigenvalue weighted by Gasteiger charge is -2.37. The van der Waals surface area contributed by atoms with Gasteiger partial charge in [-0.15, -0.1) is 0 Å². The first kappa shape index (κ1) is 29.8. The van der Waals surface area contributed by atoms with Crippen LogP contribution >= 0.6 is 27.5 Å². The highest BCUT2D eigenvalue weighted by Gasteiger charge is 2.42. The third kappa shape index (κ3) is 7.89. The molecule has 7 nitrogen and oxygen atoms in total. The average Bonchev–Trinajstić information content (AvgIpc) is 2.87. The molecule has 0 aromatic heterocycles. The zero-order chi connectivity index (χ0) is 27.9. The summed E-state index contributed by atoms with van der Waals surface area (Å²) in [7, 11) is -2.59. The van der Waals surface area contributed by atoms with Crippen LogP contribution in [0.25, 0.3) is 0 Å². The average molecular weight is 622 g/mol. The van der Waals surface area contributed by atoms with Crippen LogP contribution in [0, 0.1) is 12.8 Å². The number of allylic oxidation sites excluding steroid dienone is 5. The maximum Gasteiger partial charge on any atom is 0.358 e. The van der Waals surface area contributed by atoms with E-state index in [9.17, 15) is 13.2 Å². The summed E-state index contributed by atoms with van der Waals surface area (Å²) in [5, 5.41) is 7.49. The maximum absolute atomic E-state index is 13.5. The number of nitrogens with one attached hydrogen (secondary N) is 1. The first-order valence-corrected chi connectivity index (χ1v) is 14.4. The van der Waals surface area contributed by atoms with Crippen molar-refractivity contribution >= 4 is 49.3 Å². The Hall–Kier alpha value is -2.72. The summed E-state index contributed by atoms with van der Waals surface area (Å²) in [6.07, 6.45) is 5.08. The number of carbonyl (C=O) groups excluding carboxylic acids is 1. The van der Waals surface area contributed by atoms with E-state index in [4.69, 9.17) is 20.6 Å². The van der Waals surface area contributed by atoms with E-state index in [0.717, 1.165) is 15.6 Å². The highest BCUT2D eigenvalue weighted by atomic mass is 79.9. The summed E-state index contributed by atoms with van der Waals surface area (Å²) in [6, 6.07) is 13.5. The molecule has 0 bridgehead atoms. The van der Waals surface area contributed by atoms with Gasteiger partial charge in [0.2, 0.25) is 5.91 Å². The van der Waals surface area contributed by atoms with Crippen LogP contribution in [0.5, 0.6) is 0 Å². The molecule has 1 fully saturated rings. The van der Waals surface area contributed by atoms with Gasteiger partial charge in [0.1, 0.15) is 4.90 Å². The molecule has 1 aliphatic carbocycles. The van der Waals surface area contributed by atoms with Gasteiger partial charge in [0.25, 0.3) is 0 Å². The molecule has 1 saturated carbocycles. The van der Waals surface area contributed by atoms with Crippen molar-refractivity contribution in [2.45, 2.75) is 43.6 Å². The standard InChI is InChI=1S/C28H30BrClN2O5S/c1-5-7-21(29)14-19(3)31-28(33)27-25(20-8-6-9-22(30)15-20)16-23(17-26(27)36-4)32-37-38(34,35)24-12-10-18(2)11-13-24/h5-15,25-27H,1,16-17H2,2-4H3,(H,31,33)/b19-14+,21-7+,32-23-/t25-,26-,27?/m0/s1. The van der Waals surface area contributed by atoms with Gasteiger partial charge in [-0.3, -0.25) is 9.08 Å². The first-order chi connectivity index (χ1) is 18.0. The molecule has 0 saturated heterocycles.